The summed E-state index contributed by atoms with van der Waals surface area (Å²) in [6.07, 6.45) is 4.27. The number of halogens is 1. The Labute approximate surface area is 185 Å². The summed E-state index contributed by atoms with van der Waals surface area (Å²) in [7, 11) is 0. The molecule has 0 unspecified atom stereocenters. The van der Waals surface area contributed by atoms with Gasteiger partial charge in [0.1, 0.15) is 11.5 Å². The average molecular weight is 443 g/mol. The van der Waals surface area contributed by atoms with E-state index in [0.29, 0.717) is 29.9 Å². The summed E-state index contributed by atoms with van der Waals surface area (Å²) < 4.78 is 12.6. The molecule has 2 fully saturated rings. The van der Waals surface area contributed by atoms with Crippen molar-refractivity contribution in [3.8, 4) is 0 Å². The third kappa shape index (κ3) is 4.84. The SMILES string of the molecule is C[C@H](N=C1NC(=O)[C@](C)(CC2CCN(C(=O)c3ccc[nH]3)CC2)S1)c1ccc(F)cc1. The number of aromatic amines is 1. The molecule has 164 valence electrons. The Bertz CT molecular complexity index is 968. The molecule has 3 heterocycles. The minimum Gasteiger partial charge on any atom is -0.357 e. The number of piperidine rings is 1. The lowest BCUT2D eigenvalue weighted by atomic mass is 9.87. The average Bonchev–Trinajstić information content (AvgIpc) is 3.37. The third-order valence-electron chi connectivity index (χ3n) is 6.09. The van der Waals surface area contributed by atoms with E-state index in [1.165, 1.54) is 23.9 Å². The molecule has 8 heteroatoms. The molecule has 2 N–H and O–H groups in total. The van der Waals surface area contributed by atoms with Crippen LogP contribution in [0.15, 0.2) is 47.6 Å². The van der Waals surface area contributed by atoms with E-state index < -0.39 is 4.75 Å². The monoisotopic (exact) mass is 442 g/mol. The van der Waals surface area contributed by atoms with Gasteiger partial charge in [0.05, 0.1) is 10.8 Å². The van der Waals surface area contributed by atoms with E-state index in [2.05, 4.69) is 15.3 Å². The minimum atomic E-state index is -0.572. The highest BCUT2D eigenvalue weighted by atomic mass is 32.2. The summed E-state index contributed by atoms with van der Waals surface area (Å²) in [5, 5.41) is 3.54. The Morgan fingerprint density at radius 2 is 2.00 bits per heavy atom. The van der Waals surface area contributed by atoms with Crippen LogP contribution in [0.3, 0.4) is 0 Å². The number of amides is 2. The number of aromatic nitrogens is 1. The van der Waals surface area contributed by atoms with Gasteiger partial charge >= 0.3 is 0 Å². The second-order valence-electron chi connectivity index (χ2n) is 8.47. The van der Waals surface area contributed by atoms with Gasteiger partial charge < -0.3 is 15.2 Å². The fourth-order valence-electron chi connectivity index (χ4n) is 4.22. The molecule has 0 aliphatic carbocycles. The van der Waals surface area contributed by atoms with Crippen molar-refractivity contribution >= 4 is 28.7 Å². The van der Waals surface area contributed by atoms with Gasteiger partial charge in [-0.05, 0) is 68.9 Å². The van der Waals surface area contributed by atoms with E-state index in [1.54, 1.807) is 24.4 Å². The lowest BCUT2D eigenvalue weighted by Gasteiger charge is -2.34. The van der Waals surface area contributed by atoms with Crippen LogP contribution in [0.2, 0.25) is 0 Å². The highest BCUT2D eigenvalue weighted by molar-refractivity contribution is 8.16. The van der Waals surface area contributed by atoms with Gasteiger partial charge in [0.2, 0.25) is 5.91 Å². The second-order valence-corrected chi connectivity index (χ2v) is 9.96. The van der Waals surface area contributed by atoms with Crippen LogP contribution in [0, 0.1) is 11.7 Å². The molecule has 1 aromatic heterocycles. The maximum atomic E-state index is 13.2. The molecule has 1 aromatic carbocycles. The quantitative estimate of drug-likeness (QED) is 0.731. The molecule has 0 bridgehead atoms. The molecule has 6 nitrogen and oxygen atoms in total. The van der Waals surface area contributed by atoms with Crippen molar-refractivity contribution in [3.05, 3.63) is 59.7 Å². The number of H-pyrrole nitrogens is 1. The number of hydrogen-bond acceptors (Lipinski definition) is 4. The fraction of sp³-hybridized carbons (Fsp3) is 0.435. The number of amidine groups is 1. The van der Waals surface area contributed by atoms with Gasteiger partial charge in [-0.15, -0.1) is 0 Å². The first-order chi connectivity index (χ1) is 14.8. The van der Waals surface area contributed by atoms with Crippen LogP contribution in [-0.2, 0) is 4.79 Å². The van der Waals surface area contributed by atoms with Crippen molar-refractivity contribution in [1.82, 2.24) is 15.2 Å². The Morgan fingerprint density at radius 3 is 2.65 bits per heavy atom. The van der Waals surface area contributed by atoms with Crippen molar-refractivity contribution in [2.75, 3.05) is 13.1 Å². The van der Waals surface area contributed by atoms with Crippen LogP contribution in [0.25, 0.3) is 0 Å². The summed E-state index contributed by atoms with van der Waals surface area (Å²) in [4.78, 5) is 34.7. The lowest BCUT2D eigenvalue weighted by molar-refractivity contribution is -0.121. The predicted molar refractivity (Wildman–Crippen MR) is 120 cm³/mol. The largest absolute Gasteiger partial charge is 0.357 e. The standard InChI is InChI=1S/C23H27FN4O2S/c1-15(17-5-7-18(24)8-6-17)26-22-27-21(30)23(2,31-22)14-16-9-12-28(13-10-16)20(29)19-4-3-11-25-19/h3-8,11,15-16,25H,9-10,12-14H2,1-2H3,(H,26,27,30)/t15-,23-/m0/s1. The Kier molecular flexibility index (Phi) is 6.18. The number of hydrogen-bond donors (Lipinski definition) is 2. The fourth-order valence-corrected chi connectivity index (χ4v) is 5.47. The smallest absolute Gasteiger partial charge is 0.270 e. The molecule has 0 radical (unpaired) electrons. The van der Waals surface area contributed by atoms with E-state index in [4.69, 9.17) is 0 Å². The topological polar surface area (TPSA) is 77.6 Å². The molecule has 2 aliphatic heterocycles. The van der Waals surface area contributed by atoms with Crippen molar-refractivity contribution in [3.63, 3.8) is 0 Å². The van der Waals surface area contributed by atoms with Gasteiger partial charge in [-0.25, -0.2) is 4.39 Å². The Balaban J connectivity index is 1.34. The molecular formula is C23H27FN4O2S. The number of carbonyl (C=O) groups is 2. The number of carbonyl (C=O) groups excluding carboxylic acids is 2. The number of nitrogens with zero attached hydrogens (tertiary/aromatic N) is 2. The third-order valence-corrected chi connectivity index (χ3v) is 7.30. The second kappa shape index (κ2) is 8.86. The number of benzene rings is 1. The van der Waals surface area contributed by atoms with Crippen LogP contribution in [0.1, 0.15) is 55.2 Å². The van der Waals surface area contributed by atoms with Gasteiger partial charge in [-0.1, -0.05) is 23.9 Å². The van der Waals surface area contributed by atoms with E-state index in [9.17, 15) is 14.0 Å². The van der Waals surface area contributed by atoms with E-state index in [1.807, 2.05) is 24.8 Å². The zero-order chi connectivity index (χ0) is 22.0. The summed E-state index contributed by atoms with van der Waals surface area (Å²) in [6.45, 7) is 5.30. The Hall–Kier alpha value is -2.61. The molecule has 2 amide bonds. The zero-order valence-electron chi connectivity index (χ0n) is 17.7. The van der Waals surface area contributed by atoms with Gasteiger partial charge in [0.25, 0.3) is 5.91 Å². The van der Waals surface area contributed by atoms with Crippen molar-refractivity contribution in [2.45, 2.75) is 43.9 Å². The molecular weight excluding hydrogens is 415 g/mol. The van der Waals surface area contributed by atoms with Crippen LogP contribution < -0.4 is 5.32 Å². The number of nitrogens with one attached hydrogen (secondary N) is 2. The molecule has 31 heavy (non-hydrogen) atoms. The maximum absolute atomic E-state index is 13.2. The van der Waals surface area contributed by atoms with E-state index >= 15 is 0 Å². The number of rotatable bonds is 5. The molecule has 2 aliphatic rings. The number of aliphatic imine (C=N–C) groups is 1. The highest BCUT2D eigenvalue weighted by Crippen LogP contribution is 2.40. The van der Waals surface area contributed by atoms with E-state index in [0.717, 1.165) is 24.8 Å². The summed E-state index contributed by atoms with van der Waals surface area (Å²) in [6, 6.07) is 9.72. The molecule has 2 aromatic rings. The molecule has 0 saturated carbocycles. The minimum absolute atomic E-state index is 0.0209. The van der Waals surface area contributed by atoms with Crippen LogP contribution in [0.4, 0.5) is 4.39 Å². The van der Waals surface area contributed by atoms with Crippen LogP contribution >= 0.6 is 11.8 Å². The first kappa shape index (κ1) is 21.6. The van der Waals surface area contributed by atoms with Gasteiger partial charge in [0, 0.05) is 19.3 Å². The zero-order valence-corrected chi connectivity index (χ0v) is 18.5. The van der Waals surface area contributed by atoms with Crippen LogP contribution in [-0.4, -0.2) is 44.7 Å². The first-order valence-electron chi connectivity index (χ1n) is 10.6. The normalized spacial score (nSPS) is 24.4. The molecule has 2 saturated heterocycles. The molecule has 0 spiro atoms. The van der Waals surface area contributed by atoms with Crippen molar-refractivity contribution in [1.29, 1.82) is 0 Å². The van der Waals surface area contributed by atoms with Gasteiger partial charge in [-0.2, -0.15) is 0 Å². The Morgan fingerprint density at radius 1 is 1.29 bits per heavy atom. The van der Waals surface area contributed by atoms with Crippen LogP contribution in [0.5, 0.6) is 0 Å². The first-order valence-corrected chi connectivity index (χ1v) is 11.4. The number of likely N-dealkylation sites (tertiary alicyclic amines) is 1. The van der Waals surface area contributed by atoms with Crippen molar-refractivity contribution in [2.24, 2.45) is 10.9 Å². The lowest BCUT2D eigenvalue weighted by Crippen LogP contribution is -2.42. The van der Waals surface area contributed by atoms with E-state index in [-0.39, 0.29) is 23.7 Å². The maximum Gasteiger partial charge on any atom is 0.270 e. The molecule has 4 rings (SSSR count). The predicted octanol–water partition coefficient (Wildman–Crippen LogP) is 4.14. The summed E-state index contributed by atoms with van der Waals surface area (Å²) in [5.74, 6) is 0.115. The highest BCUT2D eigenvalue weighted by Gasteiger charge is 2.44. The van der Waals surface area contributed by atoms with Gasteiger partial charge in [0.15, 0.2) is 5.17 Å². The summed E-state index contributed by atoms with van der Waals surface area (Å²) >= 11 is 1.48. The molecule has 2 atom stereocenters. The number of thioether (sulfide) groups is 1. The van der Waals surface area contributed by atoms with Crippen molar-refractivity contribution < 1.29 is 14.0 Å². The summed E-state index contributed by atoms with van der Waals surface area (Å²) in [5.41, 5.74) is 1.52. The van der Waals surface area contributed by atoms with Gasteiger partial charge in [-0.3, -0.25) is 14.6 Å².